The molecule has 0 amide bonds. The summed E-state index contributed by atoms with van der Waals surface area (Å²) in [6.45, 7) is 3.27. The van der Waals surface area contributed by atoms with Crippen molar-refractivity contribution in [1.82, 2.24) is 0 Å². The fourth-order valence-electron chi connectivity index (χ4n) is 1.84. The quantitative estimate of drug-likeness (QED) is 0.610. The lowest BCUT2D eigenvalue weighted by molar-refractivity contribution is -0.149. The molecule has 0 aromatic heterocycles. The number of nitrogens with zero attached hydrogens (tertiary/aromatic N) is 1. The maximum Gasteiger partial charge on any atom is 0.355 e. The Morgan fingerprint density at radius 1 is 1.09 bits per heavy atom. The van der Waals surface area contributed by atoms with Crippen LogP contribution in [0, 0.1) is 11.3 Å². The smallest absolute Gasteiger partial charge is 0.355 e. The Morgan fingerprint density at radius 2 is 1.65 bits per heavy atom. The molecule has 0 unspecified atom stereocenters. The van der Waals surface area contributed by atoms with E-state index in [-0.39, 0.29) is 0 Å². The van der Waals surface area contributed by atoms with Crippen LogP contribution in [0.4, 0.5) is 0 Å². The maximum atomic E-state index is 12.3. The lowest BCUT2D eigenvalue weighted by atomic mass is 10.1. The van der Waals surface area contributed by atoms with Gasteiger partial charge in [0.15, 0.2) is 0 Å². The third-order valence-corrected chi connectivity index (χ3v) is 3.35. The van der Waals surface area contributed by atoms with Crippen LogP contribution in [0.5, 0.6) is 11.5 Å². The minimum atomic E-state index is -1.15. The van der Waals surface area contributed by atoms with Crippen molar-refractivity contribution in [1.29, 1.82) is 5.26 Å². The standard InChI is InChI=1S/C18H16ClNO3/c1-18(2,23-16-9-5-14(19)6-10-16)17(21)22-15-7-3-13(4-8-15)11-12-20/h3-10H,11H2,1-2H3. The topological polar surface area (TPSA) is 59.3 Å². The van der Waals surface area contributed by atoms with Gasteiger partial charge in [-0.25, -0.2) is 4.79 Å². The van der Waals surface area contributed by atoms with E-state index in [1.165, 1.54) is 0 Å². The van der Waals surface area contributed by atoms with Crippen molar-refractivity contribution in [2.24, 2.45) is 0 Å². The fraction of sp³-hybridized carbons (Fsp3) is 0.222. The van der Waals surface area contributed by atoms with Gasteiger partial charge in [-0.15, -0.1) is 0 Å². The Hall–Kier alpha value is -2.51. The molecule has 0 N–H and O–H groups in total. The van der Waals surface area contributed by atoms with Crippen LogP contribution in [0.2, 0.25) is 5.02 Å². The first-order valence-corrected chi connectivity index (χ1v) is 7.41. The van der Waals surface area contributed by atoms with Crippen molar-refractivity contribution >= 4 is 17.6 Å². The molecule has 0 atom stereocenters. The molecule has 0 spiro atoms. The lowest BCUT2D eigenvalue weighted by Crippen LogP contribution is -2.41. The highest BCUT2D eigenvalue weighted by molar-refractivity contribution is 6.30. The van der Waals surface area contributed by atoms with Gasteiger partial charge in [0.25, 0.3) is 0 Å². The number of hydrogen-bond acceptors (Lipinski definition) is 4. The van der Waals surface area contributed by atoms with E-state index < -0.39 is 11.6 Å². The van der Waals surface area contributed by atoms with Crippen molar-refractivity contribution in [3.63, 3.8) is 0 Å². The summed E-state index contributed by atoms with van der Waals surface area (Å²) in [5.41, 5.74) is -0.289. The summed E-state index contributed by atoms with van der Waals surface area (Å²) in [6.07, 6.45) is 0.319. The zero-order chi connectivity index (χ0) is 16.9. The van der Waals surface area contributed by atoms with Crippen LogP contribution < -0.4 is 9.47 Å². The van der Waals surface area contributed by atoms with E-state index in [1.54, 1.807) is 62.4 Å². The van der Waals surface area contributed by atoms with Gasteiger partial charge in [0.1, 0.15) is 11.5 Å². The minimum Gasteiger partial charge on any atom is -0.476 e. The third-order valence-electron chi connectivity index (χ3n) is 3.10. The summed E-state index contributed by atoms with van der Waals surface area (Å²) in [7, 11) is 0. The van der Waals surface area contributed by atoms with Crippen LogP contribution in [-0.2, 0) is 11.2 Å². The zero-order valence-electron chi connectivity index (χ0n) is 12.9. The molecule has 0 radical (unpaired) electrons. The third kappa shape index (κ3) is 4.73. The highest BCUT2D eigenvalue weighted by Crippen LogP contribution is 2.23. The molecule has 2 aromatic rings. The van der Waals surface area contributed by atoms with E-state index in [9.17, 15) is 4.79 Å². The van der Waals surface area contributed by atoms with Crippen LogP contribution in [0.15, 0.2) is 48.5 Å². The summed E-state index contributed by atoms with van der Waals surface area (Å²) >= 11 is 5.82. The summed E-state index contributed by atoms with van der Waals surface area (Å²) in [6, 6.07) is 15.6. The van der Waals surface area contributed by atoms with E-state index in [1.807, 2.05) is 0 Å². The Kier molecular flexibility index (Phi) is 5.25. The molecule has 0 heterocycles. The molecule has 4 nitrogen and oxygen atoms in total. The summed E-state index contributed by atoms with van der Waals surface area (Å²) in [5, 5.41) is 9.23. The zero-order valence-corrected chi connectivity index (χ0v) is 13.6. The van der Waals surface area contributed by atoms with Gasteiger partial charge in [-0.05, 0) is 55.8 Å². The van der Waals surface area contributed by atoms with E-state index in [0.717, 1.165) is 5.56 Å². The van der Waals surface area contributed by atoms with Gasteiger partial charge in [0.2, 0.25) is 5.60 Å². The Labute approximate surface area is 140 Å². The number of carbonyl (C=O) groups is 1. The molecule has 2 rings (SSSR count). The number of ether oxygens (including phenoxy) is 2. The molecule has 0 aliphatic carbocycles. The molecular formula is C18H16ClNO3. The van der Waals surface area contributed by atoms with Crippen LogP contribution in [-0.4, -0.2) is 11.6 Å². The second-order valence-electron chi connectivity index (χ2n) is 5.43. The molecule has 0 saturated heterocycles. The van der Waals surface area contributed by atoms with E-state index in [4.69, 9.17) is 26.3 Å². The highest BCUT2D eigenvalue weighted by atomic mass is 35.5. The van der Waals surface area contributed by atoms with Crippen molar-refractivity contribution in [3.05, 3.63) is 59.1 Å². The van der Waals surface area contributed by atoms with Crippen LogP contribution in [0.25, 0.3) is 0 Å². The number of benzene rings is 2. The Morgan fingerprint density at radius 3 is 2.22 bits per heavy atom. The Balaban J connectivity index is 2.03. The highest BCUT2D eigenvalue weighted by Gasteiger charge is 2.32. The number of nitriles is 1. The molecule has 118 valence electrons. The predicted octanol–water partition coefficient (Wildman–Crippen LogP) is 4.17. The number of rotatable bonds is 5. The van der Waals surface area contributed by atoms with Crippen LogP contribution >= 0.6 is 11.6 Å². The summed E-state index contributed by atoms with van der Waals surface area (Å²) < 4.78 is 11.0. The van der Waals surface area contributed by atoms with Gasteiger partial charge in [-0.1, -0.05) is 23.7 Å². The summed E-state index contributed by atoms with van der Waals surface area (Å²) in [5.74, 6) is 0.422. The fourth-order valence-corrected chi connectivity index (χ4v) is 1.96. The van der Waals surface area contributed by atoms with E-state index >= 15 is 0 Å². The Bertz CT molecular complexity index is 715. The second-order valence-corrected chi connectivity index (χ2v) is 5.87. The lowest BCUT2D eigenvalue weighted by Gasteiger charge is -2.24. The molecule has 0 saturated carbocycles. The SMILES string of the molecule is CC(C)(Oc1ccc(Cl)cc1)C(=O)Oc1ccc(CC#N)cc1. The van der Waals surface area contributed by atoms with E-state index in [0.29, 0.717) is 22.9 Å². The van der Waals surface area contributed by atoms with Crippen LogP contribution in [0.1, 0.15) is 19.4 Å². The first-order chi connectivity index (χ1) is 10.9. The van der Waals surface area contributed by atoms with Gasteiger partial charge >= 0.3 is 5.97 Å². The maximum absolute atomic E-state index is 12.3. The summed E-state index contributed by atoms with van der Waals surface area (Å²) in [4.78, 5) is 12.3. The molecule has 2 aromatic carbocycles. The van der Waals surface area contributed by atoms with Crippen molar-refractivity contribution in [2.75, 3.05) is 0 Å². The minimum absolute atomic E-state index is 0.319. The van der Waals surface area contributed by atoms with Gasteiger partial charge < -0.3 is 9.47 Å². The number of esters is 1. The van der Waals surface area contributed by atoms with Gasteiger partial charge in [-0.2, -0.15) is 5.26 Å². The first kappa shape index (κ1) is 16.9. The number of hydrogen-bond donors (Lipinski definition) is 0. The van der Waals surface area contributed by atoms with Crippen molar-refractivity contribution in [2.45, 2.75) is 25.9 Å². The van der Waals surface area contributed by atoms with Gasteiger partial charge in [-0.3, -0.25) is 0 Å². The number of halogens is 1. The van der Waals surface area contributed by atoms with Crippen molar-refractivity contribution < 1.29 is 14.3 Å². The molecule has 0 fully saturated rings. The number of carbonyl (C=O) groups excluding carboxylic acids is 1. The molecule has 0 aliphatic heterocycles. The van der Waals surface area contributed by atoms with E-state index in [2.05, 4.69) is 6.07 Å². The molecule has 0 aliphatic rings. The van der Waals surface area contributed by atoms with Gasteiger partial charge in [0, 0.05) is 5.02 Å². The molecular weight excluding hydrogens is 314 g/mol. The van der Waals surface area contributed by atoms with Crippen LogP contribution in [0.3, 0.4) is 0 Å². The monoisotopic (exact) mass is 329 g/mol. The largest absolute Gasteiger partial charge is 0.476 e. The normalized spacial score (nSPS) is 10.7. The average molecular weight is 330 g/mol. The van der Waals surface area contributed by atoms with Gasteiger partial charge in [0.05, 0.1) is 12.5 Å². The second kappa shape index (κ2) is 7.17. The molecule has 23 heavy (non-hydrogen) atoms. The first-order valence-electron chi connectivity index (χ1n) is 7.03. The van der Waals surface area contributed by atoms with Crippen molar-refractivity contribution in [3.8, 4) is 17.6 Å². The predicted molar refractivity (Wildman–Crippen MR) is 87.6 cm³/mol. The molecule has 0 bridgehead atoms. The average Bonchev–Trinajstić information content (AvgIpc) is 2.51. The molecule has 5 heteroatoms.